The summed E-state index contributed by atoms with van der Waals surface area (Å²) >= 11 is 0. The van der Waals surface area contributed by atoms with Crippen LogP contribution in [0.1, 0.15) is 33.6 Å². The predicted octanol–water partition coefficient (Wildman–Crippen LogP) is 0.290. The SMILES string of the molecule is CCN(CC)C(=O)C(C)N(CCO)CC1CCCN1. The van der Waals surface area contributed by atoms with Gasteiger partial charge in [0, 0.05) is 32.2 Å². The van der Waals surface area contributed by atoms with E-state index in [1.165, 1.54) is 6.42 Å². The van der Waals surface area contributed by atoms with Crippen LogP contribution >= 0.6 is 0 Å². The first-order valence-corrected chi connectivity index (χ1v) is 7.51. The molecule has 2 unspecified atom stereocenters. The first-order valence-electron chi connectivity index (χ1n) is 7.51. The van der Waals surface area contributed by atoms with E-state index < -0.39 is 0 Å². The number of nitrogens with one attached hydrogen (secondary N) is 1. The van der Waals surface area contributed by atoms with Gasteiger partial charge in [-0.1, -0.05) is 0 Å². The van der Waals surface area contributed by atoms with Gasteiger partial charge in [-0.2, -0.15) is 0 Å². The minimum absolute atomic E-state index is 0.0998. The average Bonchev–Trinajstić information content (AvgIpc) is 2.91. The molecule has 1 heterocycles. The van der Waals surface area contributed by atoms with Crippen molar-refractivity contribution in [3.05, 3.63) is 0 Å². The van der Waals surface area contributed by atoms with Crippen molar-refractivity contribution in [3.8, 4) is 0 Å². The van der Waals surface area contributed by atoms with E-state index in [1.54, 1.807) is 0 Å². The van der Waals surface area contributed by atoms with Gasteiger partial charge in [0.2, 0.25) is 5.91 Å². The zero-order valence-corrected chi connectivity index (χ0v) is 12.6. The Labute approximate surface area is 117 Å². The maximum absolute atomic E-state index is 12.4. The first kappa shape index (κ1) is 16.4. The fourth-order valence-electron chi connectivity index (χ4n) is 2.72. The molecule has 0 spiro atoms. The number of aliphatic hydroxyl groups excluding tert-OH is 1. The van der Waals surface area contributed by atoms with Gasteiger partial charge < -0.3 is 15.3 Å². The molecule has 0 aromatic carbocycles. The van der Waals surface area contributed by atoms with Crippen molar-refractivity contribution in [3.63, 3.8) is 0 Å². The van der Waals surface area contributed by atoms with Gasteiger partial charge in [-0.25, -0.2) is 0 Å². The number of rotatable bonds is 8. The lowest BCUT2D eigenvalue weighted by molar-refractivity contribution is -0.136. The van der Waals surface area contributed by atoms with Crippen LogP contribution in [-0.4, -0.2) is 72.2 Å². The smallest absolute Gasteiger partial charge is 0.239 e. The minimum atomic E-state index is -0.158. The van der Waals surface area contributed by atoms with Crippen LogP contribution in [0.4, 0.5) is 0 Å². The summed E-state index contributed by atoms with van der Waals surface area (Å²) in [5.41, 5.74) is 0. The molecule has 1 saturated heterocycles. The molecule has 5 heteroatoms. The van der Waals surface area contributed by atoms with Gasteiger partial charge in [-0.3, -0.25) is 9.69 Å². The highest BCUT2D eigenvalue weighted by atomic mass is 16.3. The molecule has 2 atom stereocenters. The second-order valence-corrected chi connectivity index (χ2v) is 5.20. The number of aliphatic hydroxyl groups is 1. The Bertz CT molecular complexity index is 263. The van der Waals surface area contributed by atoms with Crippen LogP contribution in [0.2, 0.25) is 0 Å². The van der Waals surface area contributed by atoms with E-state index in [0.717, 1.165) is 32.6 Å². The van der Waals surface area contributed by atoms with E-state index in [4.69, 9.17) is 0 Å². The normalized spacial score (nSPS) is 20.8. The lowest BCUT2D eigenvalue weighted by Crippen LogP contribution is -2.51. The Kier molecular flexibility index (Phi) is 7.34. The van der Waals surface area contributed by atoms with Gasteiger partial charge in [0.25, 0.3) is 0 Å². The van der Waals surface area contributed by atoms with Crippen LogP contribution in [0.15, 0.2) is 0 Å². The van der Waals surface area contributed by atoms with Crippen LogP contribution in [0, 0.1) is 0 Å². The van der Waals surface area contributed by atoms with Gasteiger partial charge in [-0.05, 0) is 40.2 Å². The Hall–Kier alpha value is -0.650. The fourth-order valence-corrected chi connectivity index (χ4v) is 2.72. The van der Waals surface area contributed by atoms with Gasteiger partial charge in [-0.15, -0.1) is 0 Å². The second-order valence-electron chi connectivity index (χ2n) is 5.20. The zero-order valence-electron chi connectivity index (χ0n) is 12.6. The number of carbonyl (C=O) groups is 1. The molecule has 19 heavy (non-hydrogen) atoms. The molecule has 0 aromatic heterocycles. The number of likely N-dealkylation sites (N-methyl/N-ethyl adjacent to an activating group) is 1. The van der Waals surface area contributed by atoms with Crippen molar-refractivity contribution in [2.45, 2.75) is 45.7 Å². The highest BCUT2D eigenvalue weighted by Crippen LogP contribution is 2.11. The molecule has 112 valence electrons. The third-order valence-electron chi connectivity index (χ3n) is 3.98. The average molecular weight is 271 g/mol. The molecule has 1 rings (SSSR count). The van der Waals surface area contributed by atoms with Crippen molar-refractivity contribution >= 4 is 5.91 Å². The topological polar surface area (TPSA) is 55.8 Å². The summed E-state index contributed by atoms with van der Waals surface area (Å²) in [6.45, 7) is 10.0. The Morgan fingerprint density at radius 3 is 2.58 bits per heavy atom. The van der Waals surface area contributed by atoms with E-state index in [-0.39, 0.29) is 18.6 Å². The molecule has 0 bridgehead atoms. The predicted molar refractivity (Wildman–Crippen MR) is 77.1 cm³/mol. The van der Waals surface area contributed by atoms with Gasteiger partial charge in [0.1, 0.15) is 0 Å². The van der Waals surface area contributed by atoms with Crippen LogP contribution in [0.25, 0.3) is 0 Å². The summed E-state index contributed by atoms with van der Waals surface area (Å²) in [5, 5.41) is 12.7. The molecule has 5 nitrogen and oxygen atoms in total. The first-order chi connectivity index (χ1) is 9.13. The summed E-state index contributed by atoms with van der Waals surface area (Å²) in [6, 6.07) is 0.299. The number of hydrogen-bond donors (Lipinski definition) is 2. The molecular formula is C14H29N3O2. The van der Waals surface area contributed by atoms with E-state index in [9.17, 15) is 9.90 Å². The Morgan fingerprint density at radius 1 is 1.42 bits per heavy atom. The quantitative estimate of drug-likeness (QED) is 0.666. The van der Waals surface area contributed by atoms with E-state index in [2.05, 4.69) is 10.2 Å². The molecule has 0 aromatic rings. The van der Waals surface area contributed by atoms with E-state index >= 15 is 0 Å². The van der Waals surface area contributed by atoms with Crippen LogP contribution in [0.5, 0.6) is 0 Å². The zero-order chi connectivity index (χ0) is 14.3. The van der Waals surface area contributed by atoms with Crippen molar-refractivity contribution < 1.29 is 9.90 Å². The lowest BCUT2D eigenvalue weighted by atomic mass is 10.1. The van der Waals surface area contributed by atoms with E-state index in [1.807, 2.05) is 25.7 Å². The van der Waals surface area contributed by atoms with Gasteiger partial charge >= 0.3 is 0 Å². The number of amides is 1. The molecule has 1 aliphatic heterocycles. The maximum atomic E-state index is 12.4. The molecule has 0 saturated carbocycles. The fraction of sp³-hybridized carbons (Fsp3) is 0.929. The summed E-state index contributed by atoms with van der Waals surface area (Å²) in [5.74, 6) is 0.163. The van der Waals surface area contributed by atoms with Crippen molar-refractivity contribution in [2.75, 3.05) is 39.3 Å². The number of carbonyl (C=O) groups excluding carboxylic acids is 1. The van der Waals surface area contributed by atoms with Crippen LogP contribution in [-0.2, 0) is 4.79 Å². The number of nitrogens with zero attached hydrogens (tertiary/aromatic N) is 2. The minimum Gasteiger partial charge on any atom is -0.395 e. The van der Waals surface area contributed by atoms with E-state index in [0.29, 0.717) is 12.6 Å². The summed E-state index contributed by atoms with van der Waals surface area (Å²) in [7, 11) is 0. The molecule has 2 N–H and O–H groups in total. The molecule has 0 aliphatic carbocycles. The highest BCUT2D eigenvalue weighted by Gasteiger charge is 2.27. The third kappa shape index (κ3) is 4.75. The largest absolute Gasteiger partial charge is 0.395 e. The van der Waals surface area contributed by atoms with Crippen LogP contribution in [0.3, 0.4) is 0 Å². The molecular weight excluding hydrogens is 242 g/mol. The molecule has 1 amide bonds. The standard InChI is InChI=1S/C14H29N3O2/c1-4-16(5-2)14(19)12(3)17(9-10-18)11-13-7-6-8-15-13/h12-13,15,18H,4-11H2,1-3H3. The van der Waals surface area contributed by atoms with Crippen molar-refractivity contribution in [1.82, 2.24) is 15.1 Å². The monoisotopic (exact) mass is 271 g/mol. The molecule has 1 aliphatic rings. The van der Waals surface area contributed by atoms with Crippen molar-refractivity contribution in [1.29, 1.82) is 0 Å². The Morgan fingerprint density at radius 2 is 2.11 bits per heavy atom. The van der Waals surface area contributed by atoms with Crippen LogP contribution < -0.4 is 5.32 Å². The second kappa shape index (κ2) is 8.51. The van der Waals surface area contributed by atoms with Crippen molar-refractivity contribution in [2.24, 2.45) is 0 Å². The lowest BCUT2D eigenvalue weighted by Gasteiger charge is -2.33. The highest BCUT2D eigenvalue weighted by molar-refractivity contribution is 5.81. The number of hydrogen-bond acceptors (Lipinski definition) is 4. The van der Waals surface area contributed by atoms with Gasteiger partial charge in [0.05, 0.1) is 12.6 Å². The summed E-state index contributed by atoms with van der Waals surface area (Å²) < 4.78 is 0. The van der Waals surface area contributed by atoms with Gasteiger partial charge in [0.15, 0.2) is 0 Å². The summed E-state index contributed by atoms with van der Waals surface area (Å²) in [4.78, 5) is 16.3. The Balaban J connectivity index is 2.59. The molecule has 0 radical (unpaired) electrons. The molecule has 1 fully saturated rings. The summed E-state index contributed by atoms with van der Waals surface area (Å²) in [6.07, 6.45) is 2.37. The third-order valence-corrected chi connectivity index (χ3v) is 3.98. The maximum Gasteiger partial charge on any atom is 0.239 e.